The third-order valence-electron chi connectivity index (χ3n) is 5.62. The fourth-order valence-corrected chi connectivity index (χ4v) is 4.41. The molecule has 1 spiro atoms. The van der Waals surface area contributed by atoms with E-state index in [0.717, 1.165) is 13.0 Å². The molecule has 0 aromatic heterocycles. The van der Waals surface area contributed by atoms with Crippen LogP contribution in [0.2, 0.25) is 0 Å². The maximum atomic E-state index is 5.98. The van der Waals surface area contributed by atoms with Crippen LogP contribution in [0.25, 0.3) is 0 Å². The van der Waals surface area contributed by atoms with Gasteiger partial charge in [0.05, 0.1) is 12.2 Å². The minimum absolute atomic E-state index is 0.382. The standard InChI is InChI=1S/C16H29NO2/c1-2-18-15-12-14(16(15)10-6-3-7-11-16)17-19-13-8-4-5-9-13/h13-15,17H,2-12H2,1H3. The third-order valence-corrected chi connectivity index (χ3v) is 5.62. The zero-order chi connectivity index (χ0) is 13.1. The Hall–Kier alpha value is -0.120. The zero-order valence-corrected chi connectivity index (χ0v) is 12.3. The van der Waals surface area contributed by atoms with Crippen LogP contribution >= 0.6 is 0 Å². The van der Waals surface area contributed by atoms with Crippen molar-refractivity contribution in [2.75, 3.05) is 6.61 Å². The number of rotatable bonds is 5. The molecule has 2 unspecified atom stereocenters. The summed E-state index contributed by atoms with van der Waals surface area (Å²) in [6.07, 6.45) is 14.0. The highest BCUT2D eigenvalue weighted by Gasteiger charge is 2.55. The average molecular weight is 267 g/mol. The summed E-state index contributed by atoms with van der Waals surface area (Å²) in [5, 5.41) is 0. The van der Waals surface area contributed by atoms with E-state index in [4.69, 9.17) is 9.57 Å². The summed E-state index contributed by atoms with van der Waals surface area (Å²) in [6, 6.07) is 0.532. The predicted molar refractivity (Wildman–Crippen MR) is 75.8 cm³/mol. The molecular formula is C16H29NO2. The van der Waals surface area contributed by atoms with Crippen molar-refractivity contribution in [3.8, 4) is 0 Å². The normalized spacial score (nSPS) is 34.6. The molecule has 1 N–H and O–H groups in total. The summed E-state index contributed by atoms with van der Waals surface area (Å²) < 4.78 is 5.98. The van der Waals surface area contributed by atoms with Gasteiger partial charge in [-0.2, -0.15) is 5.48 Å². The Kier molecular flexibility index (Phi) is 4.45. The monoisotopic (exact) mass is 267 g/mol. The number of hydroxylamine groups is 1. The van der Waals surface area contributed by atoms with Gasteiger partial charge in [0.2, 0.25) is 0 Å². The van der Waals surface area contributed by atoms with E-state index in [9.17, 15) is 0 Å². The van der Waals surface area contributed by atoms with Crippen molar-refractivity contribution in [1.82, 2.24) is 5.48 Å². The van der Waals surface area contributed by atoms with Crippen LogP contribution in [0.4, 0.5) is 0 Å². The first-order valence-electron chi connectivity index (χ1n) is 8.38. The quantitative estimate of drug-likeness (QED) is 0.772. The lowest BCUT2D eigenvalue weighted by molar-refractivity contribution is -0.192. The average Bonchev–Trinajstić information content (AvgIpc) is 2.96. The molecule has 3 nitrogen and oxygen atoms in total. The molecular weight excluding hydrogens is 238 g/mol. The fraction of sp³-hybridized carbons (Fsp3) is 1.00. The van der Waals surface area contributed by atoms with Gasteiger partial charge in [-0.1, -0.05) is 32.1 Å². The van der Waals surface area contributed by atoms with E-state index in [0.29, 0.717) is 23.7 Å². The number of hydrogen-bond donors (Lipinski definition) is 1. The Bertz CT molecular complexity index is 282. The van der Waals surface area contributed by atoms with E-state index in [1.807, 2.05) is 0 Å². The van der Waals surface area contributed by atoms with Crippen LogP contribution < -0.4 is 5.48 Å². The van der Waals surface area contributed by atoms with Crippen LogP contribution in [0.3, 0.4) is 0 Å². The molecule has 110 valence electrons. The van der Waals surface area contributed by atoms with Gasteiger partial charge in [-0.15, -0.1) is 0 Å². The zero-order valence-electron chi connectivity index (χ0n) is 12.3. The van der Waals surface area contributed by atoms with E-state index in [-0.39, 0.29) is 0 Å². The molecule has 0 saturated heterocycles. The summed E-state index contributed by atoms with van der Waals surface area (Å²) in [4.78, 5) is 5.96. The second-order valence-electron chi connectivity index (χ2n) is 6.67. The Morgan fingerprint density at radius 3 is 2.47 bits per heavy atom. The van der Waals surface area contributed by atoms with Crippen molar-refractivity contribution in [1.29, 1.82) is 0 Å². The minimum atomic E-state index is 0.382. The van der Waals surface area contributed by atoms with Crippen molar-refractivity contribution in [3.05, 3.63) is 0 Å². The van der Waals surface area contributed by atoms with Gasteiger partial charge in [-0.25, -0.2) is 0 Å². The highest BCUT2D eigenvalue weighted by molar-refractivity contribution is 5.08. The molecule has 3 aliphatic carbocycles. The molecule has 3 saturated carbocycles. The highest BCUT2D eigenvalue weighted by Crippen LogP contribution is 2.53. The maximum absolute atomic E-state index is 5.98. The van der Waals surface area contributed by atoms with Crippen molar-refractivity contribution in [2.24, 2.45) is 5.41 Å². The molecule has 0 aliphatic heterocycles. The molecule has 2 atom stereocenters. The van der Waals surface area contributed by atoms with Crippen LogP contribution in [-0.4, -0.2) is 24.9 Å². The Labute approximate surface area is 117 Å². The van der Waals surface area contributed by atoms with Crippen LogP contribution in [0.5, 0.6) is 0 Å². The van der Waals surface area contributed by atoms with Gasteiger partial charge in [0, 0.05) is 18.1 Å². The van der Waals surface area contributed by atoms with E-state index < -0.39 is 0 Å². The molecule has 0 radical (unpaired) electrons. The number of ether oxygens (including phenoxy) is 1. The maximum Gasteiger partial charge on any atom is 0.0790 e. The van der Waals surface area contributed by atoms with E-state index >= 15 is 0 Å². The summed E-state index contributed by atoms with van der Waals surface area (Å²) in [7, 11) is 0. The van der Waals surface area contributed by atoms with Crippen molar-refractivity contribution in [2.45, 2.75) is 89.4 Å². The van der Waals surface area contributed by atoms with E-state index in [1.54, 1.807) is 0 Å². The van der Waals surface area contributed by atoms with Gasteiger partial charge in [0.1, 0.15) is 0 Å². The Balaban J connectivity index is 1.55. The second kappa shape index (κ2) is 6.11. The lowest BCUT2D eigenvalue weighted by Gasteiger charge is -2.57. The van der Waals surface area contributed by atoms with E-state index in [2.05, 4.69) is 12.4 Å². The summed E-state index contributed by atoms with van der Waals surface area (Å²) in [6.45, 7) is 2.97. The largest absolute Gasteiger partial charge is 0.378 e. The third kappa shape index (κ3) is 2.70. The van der Waals surface area contributed by atoms with Gasteiger partial charge < -0.3 is 4.74 Å². The second-order valence-corrected chi connectivity index (χ2v) is 6.67. The molecule has 0 aromatic carbocycles. The smallest absolute Gasteiger partial charge is 0.0790 e. The molecule has 19 heavy (non-hydrogen) atoms. The minimum Gasteiger partial charge on any atom is -0.378 e. The first-order valence-corrected chi connectivity index (χ1v) is 8.38. The molecule has 0 aromatic rings. The lowest BCUT2D eigenvalue weighted by Crippen LogP contribution is -2.64. The molecule has 0 heterocycles. The lowest BCUT2D eigenvalue weighted by atomic mass is 9.55. The van der Waals surface area contributed by atoms with Crippen LogP contribution in [0.15, 0.2) is 0 Å². The van der Waals surface area contributed by atoms with Crippen LogP contribution in [0, 0.1) is 5.41 Å². The Morgan fingerprint density at radius 1 is 1.05 bits per heavy atom. The van der Waals surface area contributed by atoms with Crippen molar-refractivity contribution >= 4 is 0 Å². The van der Waals surface area contributed by atoms with Gasteiger partial charge >= 0.3 is 0 Å². The first kappa shape index (κ1) is 13.8. The Morgan fingerprint density at radius 2 is 1.79 bits per heavy atom. The number of hydrogen-bond acceptors (Lipinski definition) is 3. The molecule has 3 rings (SSSR count). The predicted octanol–water partition coefficient (Wildman–Crippen LogP) is 3.58. The van der Waals surface area contributed by atoms with Crippen LogP contribution in [0.1, 0.15) is 71.1 Å². The van der Waals surface area contributed by atoms with Crippen molar-refractivity contribution < 1.29 is 9.57 Å². The molecule has 0 amide bonds. The molecule has 3 fully saturated rings. The summed E-state index contributed by atoms with van der Waals surface area (Å²) >= 11 is 0. The van der Waals surface area contributed by atoms with Gasteiger partial charge in [-0.3, -0.25) is 4.84 Å². The number of nitrogens with one attached hydrogen (secondary N) is 1. The van der Waals surface area contributed by atoms with Gasteiger partial charge in [0.15, 0.2) is 0 Å². The molecule has 3 aliphatic rings. The SMILES string of the molecule is CCOC1CC(NOC2CCCC2)C12CCCCC2. The highest BCUT2D eigenvalue weighted by atomic mass is 16.7. The molecule has 0 bridgehead atoms. The van der Waals surface area contributed by atoms with Crippen molar-refractivity contribution in [3.63, 3.8) is 0 Å². The molecule has 3 heteroatoms. The fourth-order valence-electron chi connectivity index (χ4n) is 4.41. The first-order chi connectivity index (χ1) is 9.35. The van der Waals surface area contributed by atoms with Gasteiger partial charge in [0.25, 0.3) is 0 Å². The van der Waals surface area contributed by atoms with E-state index in [1.165, 1.54) is 57.8 Å². The van der Waals surface area contributed by atoms with Gasteiger partial charge in [-0.05, 0) is 39.0 Å². The summed E-state index contributed by atoms with van der Waals surface area (Å²) in [5.41, 5.74) is 3.81. The summed E-state index contributed by atoms with van der Waals surface area (Å²) in [5.74, 6) is 0. The van der Waals surface area contributed by atoms with Crippen LogP contribution in [-0.2, 0) is 9.57 Å². The topological polar surface area (TPSA) is 30.5 Å².